The third-order valence-corrected chi connectivity index (χ3v) is 5.12. The van der Waals surface area contributed by atoms with Gasteiger partial charge in [-0.05, 0) is 56.2 Å². The highest BCUT2D eigenvalue weighted by Crippen LogP contribution is 2.32. The summed E-state index contributed by atoms with van der Waals surface area (Å²) in [6.45, 7) is 7.47. The Bertz CT molecular complexity index is 1080. The van der Waals surface area contributed by atoms with Crippen LogP contribution in [-0.4, -0.2) is 41.9 Å². The van der Waals surface area contributed by atoms with Gasteiger partial charge in [-0.15, -0.1) is 0 Å². The third kappa shape index (κ3) is 5.36. The Labute approximate surface area is 192 Å². The monoisotopic (exact) mass is 455 g/mol. The van der Waals surface area contributed by atoms with Crippen LogP contribution in [-0.2, 0) is 19.1 Å². The van der Waals surface area contributed by atoms with Crippen LogP contribution >= 0.6 is 11.6 Å². The first-order valence-corrected chi connectivity index (χ1v) is 10.7. The molecule has 32 heavy (non-hydrogen) atoms. The Kier molecular flexibility index (Phi) is 7.33. The lowest BCUT2D eigenvalue weighted by molar-refractivity contribution is -0.138. The van der Waals surface area contributed by atoms with E-state index in [9.17, 15) is 14.4 Å². The molecule has 2 aromatic carbocycles. The lowest BCUT2D eigenvalue weighted by Gasteiger charge is -2.16. The van der Waals surface area contributed by atoms with E-state index in [0.717, 1.165) is 5.56 Å². The summed E-state index contributed by atoms with van der Waals surface area (Å²) in [5, 5.41) is 6.33. The van der Waals surface area contributed by atoms with Gasteiger partial charge in [0.2, 0.25) is 5.91 Å². The molecule has 2 aromatic rings. The highest BCUT2D eigenvalue weighted by molar-refractivity contribution is 6.36. The molecule has 0 saturated carbocycles. The van der Waals surface area contributed by atoms with Crippen molar-refractivity contribution in [2.75, 3.05) is 23.8 Å². The molecule has 3 rings (SSSR count). The van der Waals surface area contributed by atoms with Crippen LogP contribution in [0.3, 0.4) is 0 Å². The molecule has 0 bridgehead atoms. The minimum atomic E-state index is -0.428. The summed E-state index contributed by atoms with van der Waals surface area (Å²) in [7, 11) is 0. The van der Waals surface area contributed by atoms with Crippen LogP contribution in [0.4, 0.5) is 11.4 Å². The van der Waals surface area contributed by atoms with E-state index in [1.54, 1.807) is 36.4 Å². The predicted molar refractivity (Wildman–Crippen MR) is 125 cm³/mol. The third-order valence-electron chi connectivity index (χ3n) is 4.89. The summed E-state index contributed by atoms with van der Waals surface area (Å²) in [5.74, 6) is -1.03. The molecule has 168 valence electrons. The Hall–Kier alpha value is -3.16. The SMILES string of the molecule is CC(=O)Nc1ccc(C2=C(Nc3cc(Cl)ccc3C)C(=O)N(CCOC(C)C)C2=O)cc1. The van der Waals surface area contributed by atoms with Gasteiger partial charge in [-0.3, -0.25) is 19.3 Å². The predicted octanol–water partition coefficient (Wildman–Crippen LogP) is 4.22. The van der Waals surface area contributed by atoms with Gasteiger partial charge in [0, 0.05) is 23.3 Å². The van der Waals surface area contributed by atoms with Gasteiger partial charge < -0.3 is 15.4 Å². The zero-order valence-electron chi connectivity index (χ0n) is 18.5. The number of rotatable bonds is 8. The minimum absolute atomic E-state index is 0.0109. The van der Waals surface area contributed by atoms with E-state index < -0.39 is 11.8 Å². The number of anilines is 2. The van der Waals surface area contributed by atoms with E-state index in [2.05, 4.69) is 10.6 Å². The molecule has 0 fully saturated rings. The van der Waals surface area contributed by atoms with E-state index in [-0.39, 0.29) is 36.4 Å². The van der Waals surface area contributed by atoms with E-state index in [1.807, 2.05) is 26.8 Å². The minimum Gasteiger partial charge on any atom is -0.377 e. The number of ether oxygens (including phenoxy) is 1. The maximum Gasteiger partial charge on any atom is 0.278 e. The number of imide groups is 1. The molecular weight excluding hydrogens is 430 g/mol. The molecular formula is C24H26ClN3O4. The summed E-state index contributed by atoms with van der Waals surface area (Å²) in [4.78, 5) is 39.0. The molecule has 1 aliphatic rings. The van der Waals surface area contributed by atoms with Crippen molar-refractivity contribution in [3.63, 3.8) is 0 Å². The normalized spacial score (nSPS) is 13.9. The molecule has 0 unspecified atom stereocenters. The van der Waals surface area contributed by atoms with Gasteiger partial charge in [-0.1, -0.05) is 29.8 Å². The average Bonchev–Trinajstić information content (AvgIpc) is 2.95. The van der Waals surface area contributed by atoms with Crippen molar-refractivity contribution >= 4 is 46.3 Å². The second-order valence-corrected chi connectivity index (χ2v) is 8.21. The van der Waals surface area contributed by atoms with Crippen molar-refractivity contribution < 1.29 is 19.1 Å². The van der Waals surface area contributed by atoms with Crippen LogP contribution < -0.4 is 10.6 Å². The number of amides is 3. The lowest BCUT2D eigenvalue weighted by atomic mass is 10.0. The van der Waals surface area contributed by atoms with Gasteiger partial charge in [0.15, 0.2) is 0 Å². The number of benzene rings is 2. The van der Waals surface area contributed by atoms with Crippen molar-refractivity contribution in [2.24, 2.45) is 0 Å². The molecule has 8 heteroatoms. The number of nitrogens with zero attached hydrogens (tertiary/aromatic N) is 1. The molecule has 2 N–H and O–H groups in total. The van der Waals surface area contributed by atoms with Gasteiger partial charge in [-0.2, -0.15) is 0 Å². The van der Waals surface area contributed by atoms with Crippen LogP contribution in [0.25, 0.3) is 5.57 Å². The molecule has 0 aromatic heterocycles. The molecule has 0 aliphatic carbocycles. The maximum absolute atomic E-state index is 13.3. The topological polar surface area (TPSA) is 87.7 Å². The highest BCUT2D eigenvalue weighted by atomic mass is 35.5. The molecule has 0 spiro atoms. The largest absolute Gasteiger partial charge is 0.377 e. The van der Waals surface area contributed by atoms with Crippen molar-refractivity contribution in [1.29, 1.82) is 0 Å². The summed E-state index contributed by atoms with van der Waals surface area (Å²) >= 11 is 6.14. The summed E-state index contributed by atoms with van der Waals surface area (Å²) in [6, 6.07) is 12.1. The number of aryl methyl sites for hydroxylation is 1. The van der Waals surface area contributed by atoms with Gasteiger partial charge in [0.05, 0.1) is 24.8 Å². The highest BCUT2D eigenvalue weighted by Gasteiger charge is 2.39. The van der Waals surface area contributed by atoms with E-state index >= 15 is 0 Å². The van der Waals surface area contributed by atoms with Crippen molar-refractivity contribution in [3.8, 4) is 0 Å². The second kappa shape index (κ2) is 9.97. The maximum atomic E-state index is 13.3. The fourth-order valence-corrected chi connectivity index (χ4v) is 3.50. The van der Waals surface area contributed by atoms with Gasteiger partial charge in [0.25, 0.3) is 11.8 Å². The molecule has 7 nitrogen and oxygen atoms in total. The van der Waals surface area contributed by atoms with Crippen molar-refractivity contribution in [1.82, 2.24) is 4.90 Å². The molecule has 3 amide bonds. The fraction of sp³-hybridized carbons (Fsp3) is 0.292. The fourth-order valence-electron chi connectivity index (χ4n) is 3.33. The molecule has 0 atom stereocenters. The summed E-state index contributed by atoms with van der Waals surface area (Å²) in [5.41, 5.74) is 3.11. The molecule has 0 saturated heterocycles. The Balaban J connectivity index is 1.99. The standard InChI is InChI=1S/C24H26ClN3O4/c1-14(2)32-12-11-28-23(30)21(17-6-9-19(10-7-17)26-16(4)29)22(24(28)31)27-20-13-18(25)8-5-15(20)3/h5-10,13-14,27H,11-12H2,1-4H3,(H,26,29). The summed E-state index contributed by atoms with van der Waals surface area (Å²) < 4.78 is 5.54. The lowest BCUT2D eigenvalue weighted by Crippen LogP contribution is -2.35. The number of carbonyl (C=O) groups excluding carboxylic acids is 3. The second-order valence-electron chi connectivity index (χ2n) is 7.77. The van der Waals surface area contributed by atoms with Crippen molar-refractivity contribution in [2.45, 2.75) is 33.8 Å². The Morgan fingerprint density at radius 3 is 2.41 bits per heavy atom. The number of carbonyl (C=O) groups is 3. The quantitative estimate of drug-likeness (QED) is 0.582. The Morgan fingerprint density at radius 1 is 1.09 bits per heavy atom. The number of halogens is 1. The van der Waals surface area contributed by atoms with Gasteiger partial charge in [0.1, 0.15) is 5.70 Å². The zero-order chi connectivity index (χ0) is 23.4. The number of hydrogen-bond acceptors (Lipinski definition) is 5. The van der Waals surface area contributed by atoms with Gasteiger partial charge >= 0.3 is 0 Å². The van der Waals surface area contributed by atoms with Gasteiger partial charge in [-0.25, -0.2) is 0 Å². The van der Waals surface area contributed by atoms with E-state index in [0.29, 0.717) is 22.0 Å². The molecule has 0 radical (unpaired) electrons. The first kappa shape index (κ1) is 23.5. The smallest absolute Gasteiger partial charge is 0.278 e. The molecule has 1 heterocycles. The zero-order valence-corrected chi connectivity index (χ0v) is 19.2. The average molecular weight is 456 g/mol. The van der Waals surface area contributed by atoms with E-state index in [4.69, 9.17) is 16.3 Å². The number of hydrogen-bond donors (Lipinski definition) is 2. The van der Waals surface area contributed by atoms with E-state index in [1.165, 1.54) is 11.8 Å². The van der Waals surface area contributed by atoms with Crippen LogP contribution in [0, 0.1) is 6.92 Å². The van der Waals surface area contributed by atoms with Crippen LogP contribution in [0.1, 0.15) is 31.9 Å². The Morgan fingerprint density at radius 2 is 1.78 bits per heavy atom. The molecule has 1 aliphatic heterocycles. The van der Waals surface area contributed by atoms with Crippen LogP contribution in [0.15, 0.2) is 48.2 Å². The summed E-state index contributed by atoms with van der Waals surface area (Å²) in [6.07, 6.45) is -0.0109. The van der Waals surface area contributed by atoms with Crippen LogP contribution in [0.5, 0.6) is 0 Å². The first-order chi connectivity index (χ1) is 15.2. The first-order valence-electron chi connectivity index (χ1n) is 10.3. The van der Waals surface area contributed by atoms with Crippen LogP contribution in [0.2, 0.25) is 5.02 Å². The number of nitrogens with one attached hydrogen (secondary N) is 2. The van der Waals surface area contributed by atoms with Crippen molar-refractivity contribution in [3.05, 3.63) is 64.3 Å².